The lowest BCUT2D eigenvalue weighted by Crippen LogP contribution is -2.52. The van der Waals surface area contributed by atoms with E-state index in [1.807, 2.05) is 81.4 Å². The molecule has 0 saturated heterocycles. The lowest BCUT2D eigenvalue weighted by Gasteiger charge is -2.32. The molecule has 0 radical (unpaired) electrons. The fraction of sp³-hybridized carbons (Fsp3) is 0.310. The minimum absolute atomic E-state index is 0.0609. The van der Waals surface area contributed by atoms with Crippen molar-refractivity contribution in [3.05, 3.63) is 106 Å². The largest absolute Gasteiger partial charge is 0.350 e. The molecule has 0 aliphatic carbocycles. The average molecular weight is 521 g/mol. The van der Waals surface area contributed by atoms with Crippen LogP contribution in [0.3, 0.4) is 0 Å². The number of hydrogen-bond donors (Lipinski definition) is 1. The number of benzene rings is 3. The minimum atomic E-state index is -0.613. The van der Waals surface area contributed by atoms with E-state index in [1.165, 1.54) is 0 Å². The van der Waals surface area contributed by atoms with Crippen molar-refractivity contribution in [1.29, 1.82) is 0 Å². The van der Waals surface area contributed by atoms with E-state index in [1.54, 1.807) is 11.8 Å². The van der Waals surface area contributed by atoms with Crippen molar-refractivity contribution in [3.8, 4) is 0 Å². The Bertz CT molecular complexity index is 1050. The Morgan fingerprint density at radius 3 is 1.94 bits per heavy atom. The second-order valence-corrected chi connectivity index (χ2v) is 10.6. The highest BCUT2D eigenvalue weighted by Gasteiger charge is 2.30. The van der Waals surface area contributed by atoms with E-state index in [9.17, 15) is 9.59 Å². The second-order valence-electron chi connectivity index (χ2n) is 9.64. The summed E-state index contributed by atoms with van der Waals surface area (Å²) in [7, 11) is 0. The molecule has 3 rings (SSSR count). The van der Waals surface area contributed by atoms with Gasteiger partial charge in [0.25, 0.3) is 0 Å². The van der Waals surface area contributed by atoms with Gasteiger partial charge in [0.05, 0.1) is 0 Å². The maximum Gasteiger partial charge on any atom is 0.242 e. The van der Waals surface area contributed by atoms with Gasteiger partial charge in [-0.2, -0.15) is 0 Å². The number of carbonyl (C=O) groups excluding carboxylic acids is 2. The average Bonchev–Trinajstić information content (AvgIpc) is 2.80. The number of rotatable bonds is 8. The van der Waals surface area contributed by atoms with Crippen LogP contribution in [0.5, 0.6) is 0 Å². The van der Waals surface area contributed by atoms with Crippen molar-refractivity contribution >= 4 is 27.7 Å². The summed E-state index contributed by atoms with van der Waals surface area (Å²) in [5.74, 6) is -0.321. The molecule has 0 aliphatic rings. The topological polar surface area (TPSA) is 49.4 Å². The zero-order chi connectivity index (χ0) is 24.7. The van der Waals surface area contributed by atoms with Crippen LogP contribution < -0.4 is 5.32 Å². The molecule has 34 heavy (non-hydrogen) atoms. The Balaban J connectivity index is 1.93. The number of amides is 2. The fourth-order valence-electron chi connectivity index (χ4n) is 3.98. The van der Waals surface area contributed by atoms with Gasteiger partial charge in [-0.05, 0) is 56.5 Å². The van der Waals surface area contributed by atoms with E-state index in [4.69, 9.17) is 0 Å². The maximum absolute atomic E-state index is 13.8. The molecule has 3 aromatic rings. The summed E-state index contributed by atoms with van der Waals surface area (Å²) in [6.45, 7) is 7.99. The number of halogens is 1. The Morgan fingerprint density at radius 1 is 0.882 bits per heavy atom. The van der Waals surface area contributed by atoms with Crippen LogP contribution in [-0.2, 0) is 16.1 Å². The molecule has 0 fully saturated rings. The Hall–Kier alpha value is -2.92. The Kier molecular flexibility index (Phi) is 8.67. The summed E-state index contributed by atoms with van der Waals surface area (Å²) in [4.78, 5) is 28.6. The number of hydrogen-bond acceptors (Lipinski definition) is 2. The first-order chi connectivity index (χ1) is 16.1. The van der Waals surface area contributed by atoms with E-state index in [2.05, 4.69) is 45.5 Å². The van der Waals surface area contributed by atoms with Gasteiger partial charge >= 0.3 is 0 Å². The zero-order valence-electron chi connectivity index (χ0n) is 20.3. The highest BCUT2D eigenvalue weighted by Crippen LogP contribution is 2.29. The standard InChI is InChI=1S/C29H33BrN2O2/c1-21(28(34)31-29(2,3)4)32(20-22-12-11-17-25(30)18-22)27(33)19-26(23-13-7-5-8-14-23)24-15-9-6-10-16-24/h5-18,21,26H,19-20H2,1-4H3,(H,31,34). The van der Waals surface area contributed by atoms with E-state index in [0.29, 0.717) is 6.54 Å². The summed E-state index contributed by atoms with van der Waals surface area (Å²) in [6, 6.07) is 27.4. The third-order valence-corrected chi connectivity index (χ3v) is 6.18. The summed E-state index contributed by atoms with van der Waals surface area (Å²) < 4.78 is 0.940. The summed E-state index contributed by atoms with van der Waals surface area (Å²) in [5.41, 5.74) is 2.74. The highest BCUT2D eigenvalue weighted by atomic mass is 79.9. The van der Waals surface area contributed by atoms with Gasteiger partial charge in [-0.3, -0.25) is 9.59 Å². The maximum atomic E-state index is 13.8. The molecule has 1 atom stereocenters. The molecule has 2 amide bonds. The molecule has 1 N–H and O–H groups in total. The van der Waals surface area contributed by atoms with Gasteiger partial charge < -0.3 is 10.2 Å². The summed E-state index contributed by atoms with van der Waals surface area (Å²) in [5, 5.41) is 3.03. The van der Waals surface area contributed by atoms with E-state index >= 15 is 0 Å². The van der Waals surface area contributed by atoms with Crippen molar-refractivity contribution in [1.82, 2.24) is 10.2 Å². The third kappa shape index (κ3) is 7.29. The van der Waals surface area contributed by atoms with E-state index in [0.717, 1.165) is 21.2 Å². The SMILES string of the molecule is CC(C(=O)NC(C)(C)C)N(Cc1cccc(Br)c1)C(=O)CC(c1ccccc1)c1ccccc1. The van der Waals surface area contributed by atoms with Gasteiger partial charge in [0.2, 0.25) is 11.8 Å². The third-order valence-electron chi connectivity index (χ3n) is 5.69. The van der Waals surface area contributed by atoms with Crippen molar-refractivity contribution in [2.24, 2.45) is 0 Å². The van der Waals surface area contributed by atoms with Crippen LogP contribution >= 0.6 is 15.9 Å². The Labute approximate surface area is 211 Å². The first-order valence-corrected chi connectivity index (χ1v) is 12.4. The number of carbonyl (C=O) groups is 2. The lowest BCUT2D eigenvalue weighted by atomic mass is 9.88. The molecule has 0 aliphatic heterocycles. The zero-order valence-corrected chi connectivity index (χ0v) is 21.9. The first kappa shape index (κ1) is 25.7. The monoisotopic (exact) mass is 520 g/mol. The summed E-state index contributed by atoms with van der Waals surface area (Å²) >= 11 is 3.51. The summed E-state index contributed by atoms with van der Waals surface area (Å²) in [6.07, 6.45) is 0.273. The normalized spacial score (nSPS) is 12.3. The van der Waals surface area contributed by atoms with Gasteiger partial charge in [0.15, 0.2) is 0 Å². The van der Waals surface area contributed by atoms with Gasteiger partial charge in [-0.1, -0.05) is 88.7 Å². The smallest absolute Gasteiger partial charge is 0.242 e. The van der Waals surface area contributed by atoms with E-state index < -0.39 is 6.04 Å². The second kappa shape index (κ2) is 11.5. The molecule has 0 bridgehead atoms. The van der Waals surface area contributed by atoms with Gasteiger partial charge in [0, 0.05) is 28.9 Å². The lowest BCUT2D eigenvalue weighted by molar-refractivity contribution is -0.141. The van der Waals surface area contributed by atoms with Crippen LogP contribution in [0, 0.1) is 0 Å². The van der Waals surface area contributed by atoms with E-state index in [-0.39, 0.29) is 29.7 Å². The number of nitrogens with zero attached hydrogens (tertiary/aromatic N) is 1. The van der Waals surface area contributed by atoms with Crippen LogP contribution in [0.1, 0.15) is 56.7 Å². The van der Waals surface area contributed by atoms with Crippen LogP contribution in [0.15, 0.2) is 89.4 Å². The molecule has 0 aromatic heterocycles. The van der Waals surface area contributed by atoms with Gasteiger partial charge in [0.1, 0.15) is 6.04 Å². The molecule has 0 saturated carbocycles. The molecule has 3 aromatic carbocycles. The quantitative estimate of drug-likeness (QED) is 0.378. The predicted molar refractivity (Wildman–Crippen MR) is 141 cm³/mol. The molecule has 0 heterocycles. The molecule has 4 nitrogen and oxygen atoms in total. The van der Waals surface area contributed by atoms with Crippen molar-refractivity contribution in [3.63, 3.8) is 0 Å². The Morgan fingerprint density at radius 2 is 1.44 bits per heavy atom. The van der Waals surface area contributed by atoms with Crippen LogP contribution in [0.25, 0.3) is 0 Å². The molecule has 5 heteroatoms. The van der Waals surface area contributed by atoms with Crippen molar-refractivity contribution in [2.45, 2.75) is 58.2 Å². The molecule has 1 unspecified atom stereocenters. The van der Waals surface area contributed by atoms with Crippen molar-refractivity contribution in [2.75, 3.05) is 0 Å². The van der Waals surface area contributed by atoms with Crippen LogP contribution in [0.2, 0.25) is 0 Å². The van der Waals surface area contributed by atoms with Crippen LogP contribution in [0.4, 0.5) is 0 Å². The van der Waals surface area contributed by atoms with Gasteiger partial charge in [-0.15, -0.1) is 0 Å². The number of nitrogens with one attached hydrogen (secondary N) is 1. The minimum Gasteiger partial charge on any atom is -0.350 e. The fourth-order valence-corrected chi connectivity index (χ4v) is 4.43. The molecular weight excluding hydrogens is 488 g/mol. The molecule has 178 valence electrons. The van der Waals surface area contributed by atoms with Crippen LogP contribution in [-0.4, -0.2) is 28.3 Å². The first-order valence-electron chi connectivity index (χ1n) is 11.6. The van der Waals surface area contributed by atoms with Crippen molar-refractivity contribution < 1.29 is 9.59 Å². The van der Waals surface area contributed by atoms with Gasteiger partial charge in [-0.25, -0.2) is 0 Å². The molecular formula is C29H33BrN2O2. The molecule has 0 spiro atoms. The predicted octanol–water partition coefficient (Wildman–Crippen LogP) is 6.30. The highest BCUT2D eigenvalue weighted by molar-refractivity contribution is 9.10.